The Hall–Kier alpha value is -1.91. The third-order valence-corrected chi connectivity index (χ3v) is 2.39. The number of carbonyl (C=O) groups is 1. The van der Waals surface area contributed by atoms with Crippen LogP contribution in [0.3, 0.4) is 0 Å². The van der Waals surface area contributed by atoms with Gasteiger partial charge in [-0.05, 0) is 31.0 Å². The first-order chi connectivity index (χ1) is 7.33. The molecule has 0 aliphatic heterocycles. The molecule has 0 saturated heterocycles. The number of hydrogen-bond acceptors (Lipinski definition) is 3. The van der Waals surface area contributed by atoms with Crippen molar-refractivity contribution < 1.29 is 4.79 Å². The molecule has 15 heavy (non-hydrogen) atoms. The summed E-state index contributed by atoms with van der Waals surface area (Å²) in [6.07, 6.45) is 3.80. The van der Waals surface area contributed by atoms with E-state index in [1.54, 1.807) is 12.3 Å². The van der Waals surface area contributed by atoms with Crippen LogP contribution in [0.1, 0.15) is 23.3 Å². The lowest BCUT2D eigenvalue weighted by molar-refractivity contribution is 0.0945. The van der Waals surface area contributed by atoms with E-state index in [0.717, 1.165) is 18.4 Å². The van der Waals surface area contributed by atoms with Gasteiger partial charge in [-0.3, -0.25) is 4.79 Å². The van der Waals surface area contributed by atoms with Crippen molar-refractivity contribution in [3.63, 3.8) is 0 Å². The third-order valence-electron chi connectivity index (χ3n) is 2.39. The zero-order chi connectivity index (χ0) is 10.3. The van der Waals surface area contributed by atoms with Gasteiger partial charge in [0.05, 0.1) is 5.52 Å². The van der Waals surface area contributed by atoms with Crippen LogP contribution in [0.15, 0.2) is 24.4 Å². The van der Waals surface area contributed by atoms with Gasteiger partial charge >= 0.3 is 0 Å². The van der Waals surface area contributed by atoms with Crippen LogP contribution in [0.25, 0.3) is 5.52 Å². The van der Waals surface area contributed by atoms with Gasteiger partial charge in [-0.25, -0.2) is 0 Å². The maximum atomic E-state index is 11.7. The fourth-order valence-electron chi connectivity index (χ4n) is 1.43. The van der Waals surface area contributed by atoms with Crippen molar-refractivity contribution in [1.82, 2.24) is 20.1 Å². The van der Waals surface area contributed by atoms with Crippen molar-refractivity contribution in [2.45, 2.75) is 18.9 Å². The first kappa shape index (κ1) is 8.40. The smallest absolute Gasteiger partial charge is 0.272 e. The molecule has 3 rings (SSSR count). The number of amides is 1. The second-order valence-electron chi connectivity index (χ2n) is 3.72. The van der Waals surface area contributed by atoms with Gasteiger partial charge in [0.2, 0.25) is 0 Å². The molecular formula is C10H10N4O. The minimum atomic E-state index is -0.108. The molecule has 76 valence electrons. The molecule has 1 amide bonds. The van der Waals surface area contributed by atoms with Gasteiger partial charge in [0.1, 0.15) is 0 Å². The molecule has 1 fully saturated rings. The van der Waals surface area contributed by atoms with Crippen LogP contribution in [0.5, 0.6) is 0 Å². The van der Waals surface area contributed by atoms with Crippen molar-refractivity contribution in [2.24, 2.45) is 0 Å². The lowest BCUT2D eigenvalue weighted by Crippen LogP contribution is -2.25. The van der Waals surface area contributed by atoms with Crippen LogP contribution < -0.4 is 5.32 Å². The van der Waals surface area contributed by atoms with Crippen molar-refractivity contribution >= 4 is 11.4 Å². The van der Waals surface area contributed by atoms with Gasteiger partial charge in [0.25, 0.3) is 5.91 Å². The number of carbonyl (C=O) groups excluding carboxylic acids is 1. The molecule has 2 aromatic rings. The summed E-state index contributed by atoms with van der Waals surface area (Å²) in [5.41, 5.74) is 1.26. The van der Waals surface area contributed by atoms with E-state index >= 15 is 0 Å². The van der Waals surface area contributed by atoms with Gasteiger partial charge in [-0.2, -0.15) is 9.73 Å². The lowest BCUT2D eigenvalue weighted by atomic mass is 10.3. The first-order valence-corrected chi connectivity index (χ1v) is 4.95. The van der Waals surface area contributed by atoms with E-state index in [-0.39, 0.29) is 5.91 Å². The number of nitrogens with one attached hydrogen (secondary N) is 1. The average Bonchev–Trinajstić information content (AvgIpc) is 2.95. The molecule has 1 aliphatic carbocycles. The molecule has 1 aliphatic rings. The normalized spacial score (nSPS) is 15.5. The van der Waals surface area contributed by atoms with Crippen LogP contribution in [0.2, 0.25) is 0 Å². The van der Waals surface area contributed by atoms with E-state index in [4.69, 9.17) is 0 Å². The first-order valence-electron chi connectivity index (χ1n) is 4.95. The van der Waals surface area contributed by atoms with Crippen molar-refractivity contribution in [2.75, 3.05) is 0 Å². The van der Waals surface area contributed by atoms with E-state index in [2.05, 4.69) is 15.5 Å². The maximum absolute atomic E-state index is 11.7. The zero-order valence-electron chi connectivity index (χ0n) is 8.05. The Balaban J connectivity index is 1.92. The molecule has 0 aromatic carbocycles. The summed E-state index contributed by atoms with van der Waals surface area (Å²) in [5, 5.41) is 11.0. The molecule has 2 aromatic heterocycles. The molecule has 0 bridgehead atoms. The van der Waals surface area contributed by atoms with Crippen molar-refractivity contribution in [3.05, 3.63) is 30.1 Å². The van der Waals surface area contributed by atoms with E-state index < -0.39 is 0 Å². The highest BCUT2D eigenvalue weighted by molar-refractivity contribution is 5.93. The van der Waals surface area contributed by atoms with Crippen LogP contribution in [-0.4, -0.2) is 26.8 Å². The molecule has 0 radical (unpaired) electrons. The summed E-state index contributed by atoms with van der Waals surface area (Å²) in [7, 11) is 0. The summed E-state index contributed by atoms with van der Waals surface area (Å²) < 4.78 is 1.46. The number of nitrogens with zero attached hydrogens (tertiary/aromatic N) is 3. The Bertz CT molecular complexity index is 482. The van der Waals surface area contributed by atoms with E-state index in [1.807, 2.05) is 12.1 Å². The second kappa shape index (κ2) is 3.05. The Morgan fingerprint density at radius 3 is 3.13 bits per heavy atom. The summed E-state index contributed by atoms with van der Waals surface area (Å²) in [5.74, 6) is -0.108. The monoisotopic (exact) mass is 202 g/mol. The molecule has 5 heteroatoms. The molecule has 0 spiro atoms. The van der Waals surface area contributed by atoms with Crippen molar-refractivity contribution in [3.8, 4) is 0 Å². The lowest BCUT2D eigenvalue weighted by Gasteiger charge is -1.97. The molecule has 0 unspecified atom stereocenters. The van der Waals surface area contributed by atoms with Gasteiger partial charge < -0.3 is 5.32 Å². The summed E-state index contributed by atoms with van der Waals surface area (Å²) in [4.78, 5) is 11.7. The van der Waals surface area contributed by atoms with E-state index in [9.17, 15) is 4.79 Å². The van der Waals surface area contributed by atoms with Crippen LogP contribution in [0.4, 0.5) is 0 Å². The molecule has 2 heterocycles. The number of fused-ring (bicyclic) bond motifs is 1. The summed E-state index contributed by atoms with van der Waals surface area (Å²) in [6, 6.07) is 5.79. The Morgan fingerprint density at radius 2 is 2.40 bits per heavy atom. The SMILES string of the molecule is O=C(NC1CC1)c1cc2cccnn2n1. The van der Waals surface area contributed by atoms with Gasteiger partial charge in [-0.1, -0.05) is 0 Å². The topological polar surface area (TPSA) is 59.3 Å². The van der Waals surface area contributed by atoms with Gasteiger partial charge in [0.15, 0.2) is 5.69 Å². The van der Waals surface area contributed by atoms with Gasteiger partial charge in [-0.15, -0.1) is 5.10 Å². The van der Waals surface area contributed by atoms with Crippen LogP contribution >= 0.6 is 0 Å². The number of aromatic nitrogens is 3. The molecule has 1 N–H and O–H groups in total. The minimum Gasteiger partial charge on any atom is -0.348 e. The minimum absolute atomic E-state index is 0.108. The average molecular weight is 202 g/mol. The standard InChI is InChI=1S/C10H10N4O/c15-10(12-7-3-4-7)9-6-8-2-1-5-11-14(8)13-9/h1-2,5-7H,3-4H2,(H,12,15). The fourth-order valence-corrected chi connectivity index (χ4v) is 1.43. The largest absolute Gasteiger partial charge is 0.348 e. The maximum Gasteiger partial charge on any atom is 0.272 e. The quantitative estimate of drug-likeness (QED) is 0.776. The highest BCUT2D eigenvalue weighted by Gasteiger charge is 2.24. The Kier molecular flexibility index (Phi) is 1.71. The summed E-state index contributed by atoms with van der Waals surface area (Å²) >= 11 is 0. The molecule has 1 saturated carbocycles. The number of hydrogen-bond donors (Lipinski definition) is 1. The van der Waals surface area contributed by atoms with E-state index in [0.29, 0.717) is 11.7 Å². The highest BCUT2D eigenvalue weighted by Crippen LogP contribution is 2.19. The third kappa shape index (κ3) is 1.56. The number of rotatable bonds is 2. The highest BCUT2D eigenvalue weighted by atomic mass is 16.2. The van der Waals surface area contributed by atoms with Gasteiger partial charge in [0, 0.05) is 12.2 Å². The molecular weight excluding hydrogens is 192 g/mol. The second-order valence-corrected chi connectivity index (χ2v) is 3.72. The summed E-state index contributed by atoms with van der Waals surface area (Å²) in [6.45, 7) is 0. The molecule has 5 nitrogen and oxygen atoms in total. The zero-order valence-corrected chi connectivity index (χ0v) is 8.05. The molecule has 0 atom stereocenters. The predicted octanol–water partition coefficient (Wildman–Crippen LogP) is 0.621. The van der Waals surface area contributed by atoms with E-state index in [1.165, 1.54) is 4.63 Å². The van der Waals surface area contributed by atoms with Crippen molar-refractivity contribution in [1.29, 1.82) is 0 Å². The predicted molar refractivity (Wildman–Crippen MR) is 53.5 cm³/mol. The Labute approximate surface area is 86.1 Å². The van der Waals surface area contributed by atoms with Crippen LogP contribution in [0, 0.1) is 0 Å². The Morgan fingerprint density at radius 1 is 1.53 bits per heavy atom. The van der Waals surface area contributed by atoms with Crippen LogP contribution in [-0.2, 0) is 0 Å². The fraction of sp³-hybridized carbons (Fsp3) is 0.300.